The molecule has 0 saturated heterocycles. The molecule has 17 heavy (non-hydrogen) atoms. The van der Waals surface area contributed by atoms with Gasteiger partial charge in [0.1, 0.15) is 4.60 Å². The molecule has 1 aromatic heterocycles. The molecule has 0 saturated carbocycles. The second kappa shape index (κ2) is 5.71. The molecule has 0 bridgehead atoms. The van der Waals surface area contributed by atoms with E-state index in [2.05, 4.69) is 26.2 Å². The number of nitrogens with one attached hydrogen (secondary N) is 1. The fraction of sp³-hybridized carbons (Fsp3) is 0.0833. The van der Waals surface area contributed by atoms with Crippen LogP contribution >= 0.6 is 39.1 Å². The van der Waals surface area contributed by atoms with Gasteiger partial charge in [-0.2, -0.15) is 0 Å². The smallest absolute Gasteiger partial charge is 0.106 e. The third-order valence-corrected chi connectivity index (χ3v) is 3.17. The van der Waals surface area contributed by atoms with Crippen molar-refractivity contribution in [1.29, 1.82) is 0 Å². The second-order valence-corrected chi connectivity index (χ2v) is 5.09. The van der Waals surface area contributed by atoms with Gasteiger partial charge < -0.3 is 5.32 Å². The summed E-state index contributed by atoms with van der Waals surface area (Å²) in [4.78, 5) is 4.32. The van der Waals surface area contributed by atoms with Crippen LogP contribution in [0.15, 0.2) is 41.0 Å². The first kappa shape index (κ1) is 12.7. The normalized spacial score (nSPS) is 10.3. The summed E-state index contributed by atoms with van der Waals surface area (Å²) >= 11 is 15.3. The highest BCUT2D eigenvalue weighted by Gasteiger charge is 2.01. The van der Waals surface area contributed by atoms with Crippen LogP contribution in [0.25, 0.3) is 0 Å². The lowest BCUT2D eigenvalue weighted by molar-refractivity contribution is 1.03. The zero-order chi connectivity index (χ0) is 12.3. The van der Waals surface area contributed by atoms with Gasteiger partial charge in [-0.15, -0.1) is 0 Å². The molecular formula is C12H9BrCl2N2. The second-order valence-electron chi connectivity index (χ2n) is 3.43. The Labute approximate surface area is 118 Å². The van der Waals surface area contributed by atoms with Crippen molar-refractivity contribution in [3.8, 4) is 0 Å². The van der Waals surface area contributed by atoms with E-state index in [1.807, 2.05) is 18.2 Å². The number of hydrogen-bond acceptors (Lipinski definition) is 2. The maximum Gasteiger partial charge on any atom is 0.106 e. The summed E-state index contributed by atoms with van der Waals surface area (Å²) in [6.07, 6.45) is 0. The largest absolute Gasteiger partial charge is 0.378 e. The van der Waals surface area contributed by atoms with E-state index in [4.69, 9.17) is 23.2 Å². The number of anilines is 1. The summed E-state index contributed by atoms with van der Waals surface area (Å²) in [6.45, 7) is 0.597. The molecule has 2 nitrogen and oxygen atoms in total. The van der Waals surface area contributed by atoms with E-state index in [1.54, 1.807) is 18.2 Å². The van der Waals surface area contributed by atoms with E-state index in [-0.39, 0.29) is 0 Å². The van der Waals surface area contributed by atoms with Crippen LogP contribution in [0.1, 0.15) is 5.69 Å². The van der Waals surface area contributed by atoms with E-state index in [0.29, 0.717) is 16.6 Å². The lowest BCUT2D eigenvalue weighted by Crippen LogP contribution is -2.02. The maximum absolute atomic E-state index is 6.04. The van der Waals surface area contributed by atoms with Gasteiger partial charge in [0.25, 0.3) is 0 Å². The van der Waals surface area contributed by atoms with Crippen molar-refractivity contribution in [1.82, 2.24) is 4.98 Å². The van der Waals surface area contributed by atoms with Crippen LogP contribution < -0.4 is 5.32 Å². The molecule has 88 valence electrons. The lowest BCUT2D eigenvalue weighted by Gasteiger charge is -2.08. The Morgan fingerprint density at radius 3 is 2.76 bits per heavy atom. The summed E-state index contributed by atoms with van der Waals surface area (Å²) in [5.41, 5.74) is 1.73. The average molecular weight is 332 g/mol. The minimum atomic E-state index is 0.597. The van der Waals surface area contributed by atoms with E-state index in [9.17, 15) is 0 Å². The van der Waals surface area contributed by atoms with Gasteiger partial charge in [-0.3, -0.25) is 0 Å². The molecule has 1 heterocycles. The molecule has 1 aromatic carbocycles. The molecule has 0 amide bonds. The SMILES string of the molecule is Clc1ccc(Cl)c(NCc2cccc(Br)n2)c1. The van der Waals surface area contributed by atoms with Crippen LogP contribution in [0, 0.1) is 0 Å². The van der Waals surface area contributed by atoms with Crippen LogP contribution in [0.2, 0.25) is 10.0 Å². The number of aromatic nitrogens is 1. The van der Waals surface area contributed by atoms with E-state index >= 15 is 0 Å². The van der Waals surface area contributed by atoms with Crippen molar-refractivity contribution in [3.05, 3.63) is 56.7 Å². The Bertz CT molecular complexity index is 532. The molecule has 0 spiro atoms. The molecule has 0 fully saturated rings. The quantitative estimate of drug-likeness (QED) is 0.820. The van der Waals surface area contributed by atoms with Crippen molar-refractivity contribution < 1.29 is 0 Å². The highest BCUT2D eigenvalue weighted by atomic mass is 79.9. The van der Waals surface area contributed by atoms with Crippen molar-refractivity contribution in [3.63, 3.8) is 0 Å². The zero-order valence-electron chi connectivity index (χ0n) is 8.75. The lowest BCUT2D eigenvalue weighted by atomic mass is 10.3. The fourth-order valence-electron chi connectivity index (χ4n) is 1.37. The van der Waals surface area contributed by atoms with Crippen molar-refractivity contribution in [2.75, 3.05) is 5.32 Å². The maximum atomic E-state index is 6.04. The van der Waals surface area contributed by atoms with Crippen molar-refractivity contribution in [2.45, 2.75) is 6.54 Å². The molecule has 0 unspecified atom stereocenters. The summed E-state index contributed by atoms with van der Waals surface area (Å²) < 4.78 is 0.814. The predicted molar refractivity (Wildman–Crippen MR) is 75.7 cm³/mol. The standard InChI is InChI=1S/C12H9BrCl2N2/c13-12-3-1-2-9(17-12)7-16-11-6-8(14)4-5-10(11)15/h1-6,16H,7H2. The van der Waals surface area contributed by atoms with Crippen LogP contribution in [-0.4, -0.2) is 4.98 Å². The fourth-order valence-corrected chi connectivity index (χ4v) is 2.10. The first-order valence-corrected chi connectivity index (χ1v) is 6.50. The number of nitrogens with zero attached hydrogens (tertiary/aromatic N) is 1. The third kappa shape index (κ3) is 3.60. The molecule has 5 heteroatoms. The molecule has 0 aliphatic carbocycles. The molecule has 0 atom stereocenters. The van der Waals surface area contributed by atoms with Crippen molar-refractivity contribution >= 4 is 44.8 Å². The van der Waals surface area contributed by atoms with Gasteiger partial charge in [-0.1, -0.05) is 29.3 Å². The van der Waals surface area contributed by atoms with Crippen molar-refractivity contribution in [2.24, 2.45) is 0 Å². The molecular weight excluding hydrogens is 323 g/mol. The molecule has 0 radical (unpaired) electrons. The Balaban J connectivity index is 2.09. The highest BCUT2D eigenvalue weighted by Crippen LogP contribution is 2.25. The van der Waals surface area contributed by atoms with Gasteiger partial charge in [0, 0.05) is 5.02 Å². The van der Waals surface area contributed by atoms with Crippen LogP contribution in [0.3, 0.4) is 0 Å². The van der Waals surface area contributed by atoms with E-state index in [1.165, 1.54) is 0 Å². The summed E-state index contributed by atoms with van der Waals surface area (Å²) in [7, 11) is 0. The van der Waals surface area contributed by atoms with Crippen LogP contribution in [-0.2, 0) is 6.54 Å². The summed E-state index contributed by atoms with van der Waals surface area (Å²) in [5.74, 6) is 0. The topological polar surface area (TPSA) is 24.9 Å². The van der Waals surface area contributed by atoms with Gasteiger partial charge in [0.05, 0.1) is 22.9 Å². The number of halogens is 3. The Kier molecular flexibility index (Phi) is 4.26. The van der Waals surface area contributed by atoms with Gasteiger partial charge >= 0.3 is 0 Å². The van der Waals surface area contributed by atoms with Gasteiger partial charge in [-0.05, 0) is 46.3 Å². The molecule has 2 rings (SSSR count). The Hall–Kier alpha value is -0.770. The van der Waals surface area contributed by atoms with Crippen LogP contribution in [0.4, 0.5) is 5.69 Å². The first-order valence-electron chi connectivity index (χ1n) is 4.95. The Morgan fingerprint density at radius 1 is 1.18 bits per heavy atom. The molecule has 1 N–H and O–H groups in total. The minimum absolute atomic E-state index is 0.597. The third-order valence-electron chi connectivity index (χ3n) is 2.16. The molecule has 0 aliphatic rings. The summed E-state index contributed by atoms with van der Waals surface area (Å²) in [5, 5.41) is 4.49. The number of pyridine rings is 1. The van der Waals surface area contributed by atoms with E-state index in [0.717, 1.165) is 16.0 Å². The number of hydrogen-bond donors (Lipinski definition) is 1. The van der Waals surface area contributed by atoms with Crippen LogP contribution in [0.5, 0.6) is 0 Å². The van der Waals surface area contributed by atoms with Gasteiger partial charge in [0.15, 0.2) is 0 Å². The average Bonchev–Trinajstić information content (AvgIpc) is 2.30. The Morgan fingerprint density at radius 2 is 2.00 bits per heavy atom. The number of rotatable bonds is 3. The molecule has 2 aromatic rings. The molecule has 0 aliphatic heterocycles. The highest BCUT2D eigenvalue weighted by molar-refractivity contribution is 9.10. The predicted octanol–water partition coefficient (Wildman–Crippen LogP) is 4.76. The van der Waals surface area contributed by atoms with Gasteiger partial charge in [-0.25, -0.2) is 4.98 Å². The minimum Gasteiger partial charge on any atom is -0.378 e. The number of benzene rings is 1. The zero-order valence-corrected chi connectivity index (χ0v) is 11.9. The first-order chi connectivity index (χ1) is 8.15. The summed E-state index contributed by atoms with van der Waals surface area (Å²) in [6, 6.07) is 11.1. The monoisotopic (exact) mass is 330 g/mol. The van der Waals surface area contributed by atoms with E-state index < -0.39 is 0 Å². The van der Waals surface area contributed by atoms with Gasteiger partial charge in [0.2, 0.25) is 0 Å².